The minimum absolute atomic E-state index is 0.104. The van der Waals surface area contributed by atoms with E-state index in [1.54, 1.807) is 12.1 Å². The molecular formula is C14H18O6S. The quantitative estimate of drug-likeness (QED) is 0.731. The molecule has 0 aromatic heterocycles. The topological polar surface area (TPSA) is 86.7 Å². The predicted molar refractivity (Wildman–Crippen MR) is 75.4 cm³/mol. The van der Waals surface area contributed by atoms with Gasteiger partial charge in [0.05, 0.1) is 37.2 Å². The van der Waals surface area contributed by atoms with Crippen molar-refractivity contribution >= 4 is 21.8 Å². The lowest BCUT2D eigenvalue weighted by Gasteiger charge is -2.14. The minimum atomic E-state index is -3.69. The van der Waals surface area contributed by atoms with E-state index in [4.69, 9.17) is 0 Å². The van der Waals surface area contributed by atoms with Gasteiger partial charge in [-0.05, 0) is 19.1 Å². The molecule has 0 radical (unpaired) electrons. The molecule has 1 unspecified atom stereocenters. The van der Waals surface area contributed by atoms with E-state index in [0.717, 1.165) is 12.7 Å². The standard InChI is InChI=1S/C14H18O6S/c1-10-4-6-12(7-5-10)21(17,18)9-11(14(16)20-3)8-13(15)19-2/h4-7,11H,8-9H2,1-3H3. The number of hydrogen-bond acceptors (Lipinski definition) is 6. The second kappa shape index (κ2) is 7.21. The van der Waals surface area contributed by atoms with E-state index < -0.39 is 33.4 Å². The molecule has 0 fully saturated rings. The molecule has 0 N–H and O–H groups in total. The van der Waals surface area contributed by atoms with Crippen LogP contribution in [0.2, 0.25) is 0 Å². The number of methoxy groups -OCH3 is 2. The fourth-order valence-electron chi connectivity index (χ4n) is 1.77. The van der Waals surface area contributed by atoms with E-state index in [0.29, 0.717) is 0 Å². The van der Waals surface area contributed by atoms with E-state index in [9.17, 15) is 18.0 Å². The predicted octanol–water partition coefficient (Wildman–Crippen LogP) is 1.12. The maximum atomic E-state index is 12.3. The summed E-state index contributed by atoms with van der Waals surface area (Å²) < 4.78 is 33.6. The van der Waals surface area contributed by atoms with Crippen LogP contribution in [-0.2, 0) is 28.9 Å². The van der Waals surface area contributed by atoms with E-state index >= 15 is 0 Å². The maximum Gasteiger partial charge on any atom is 0.310 e. The van der Waals surface area contributed by atoms with Gasteiger partial charge in [0.1, 0.15) is 0 Å². The molecule has 0 aliphatic heterocycles. The van der Waals surface area contributed by atoms with Gasteiger partial charge in [-0.15, -0.1) is 0 Å². The molecule has 0 heterocycles. The zero-order valence-electron chi connectivity index (χ0n) is 12.2. The van der Waals surface area contributed by atoms with E-state index in [1.807, 2.05) is 6.92 Å². The highest BCUT2D eigenvalue weighted by molar-refractivity contribution is 7.91. The number of ether oxygens (including phenoxy) is 2. The molecule has 0 bridgehead atoms. The lowest BCUT2D eigenvalue weighted by molar-refractivity contribution is -0.151. The molecule has 0 spiro atoms. The molecule has 0 amide bonds. The van der Waals surface area contributed by atoms with Gasteiger partial charge in [0.2, 0.25) is 0 Å². The van der Waals surface area contributed by atoms with Crippen LogP contribution in [0, 0.1) is 12.8 Å². The number of sulfone groups is 1. The molecule has 1 rings (SSSR count). The number of esters is 2. The normalized spacial score (nSPS) is 12.5. The molecule has 6 nitrogen and oxygen atoms in total. The largest absolute Gasteiger partial charge is 0.469 e. The Hall–Kier alpha value is -1.89. The van der Waals surface area contributed by atoms with Crippen LogP contribution in [0.15, 0.2) is 29.2 Å². The summed E-state index contributed by atoms with van der Waals surface area (Å²) >= 11 is 0. The Labute approximate surface area is 124 Å². The minimum Gasteiger partial charge on any atom is -0.469 e. The van der Waals surface area contributed by atoms with Crippen molar-refractivity contribution in [3.63, 3.8) is 0 Å². The number of rotatable bonds is 6. The van der Waals surface area contributed by atoms with Crippen molar-refractivity contribution in [2.45, 2.75) is 18.2 Å². The average Bonchev–Trinajstić information content (AvgIpc) is 2.45. The van der Waals surface area contributed by atoms with Crippen LogP contribution in [0.1, 0.15) is 12.0 Å². The summed E-state index contributed by atoms with van der Waals surface area (Å²) in [6.45, 7) is 1.84. The van der Waals surface area contributed by atoms with Crippen molar-refractivity contribution in [1.29, 1.82) is 0 Å². The molecule has 0 aliphatic rings. The fourth-order valence-corrected chi connectivity index (χ4v) is 3.30. The van der Waals surface area contributed by atoms with Gasteiger partial charge >= 0.3 is 11.9 Å². The van der Waals surface area contributed by atoms with Crippen molar-refractivity contribution in [2.24, 2.45) is 5.92 Å². The molecule has 7 heteroatoms. The van der Waals surface area contributed by atoms with Gasteiger partial charge in [-0.2, -0.15) is 0 Å². The molecule has 116 valence electrons. The number of benzene rings is 1. The molecule has 1 aromatic carbocycles. The van der Waals surface area contributed by atoms with Gasteiger partial charge < -0.3 is 9.47 Å². The lowest BCUT2D eigenvalue weighted by atomic mass is 10.1. The summed E-state index contributed by atoms with van der Waals surface area (Å²) in [6, 6.07) is 6.27. The number of carbonyl (C=O) groups excluding carboxylic acids is 2. The second-order valence-corrected chi connectivity index (χ2v) is 6.63. The van der Waals surface area contributed by atoms with Gasteiger partial charge in [-0.1, -0.05) is 17.7 Å². The van der Waals surface area contributed by atoms with Gasteiger partial charge in [0.25, 0.3) is 0 Å². The Kier molecular flexibility index (Phi) is 5.90. The van der Waals surface area contributed by atoms with Crippen LogP contribution in [0.4, 0.5) is 0 Å². The first kappa shape index (κ1) is 17.2. The van der Waals surface area contributed by atoms with Crippen molar-refractivity contribution in [3.05, 3.63) is 29.8 Å². The SMILES string of the molecule is COC(=O)CC(CS(=O)(=O)c1ccc(C)cc1)C(=O)OC. The van der Waals surface area contributed by atoms with Crippen LogP contribution in [0.25, 0.3) is 0 Å². The third-order valence-electron chi connectivity index (χ3n) is 2.98. The smallest absolute Gasteiger partial charge is 0.310 e. The Morgan fingerprint density at radius 2 is 1.67 bits per heavy atom. The Bertz CT molecular complexity index is 603. The highest BCUT2D eigenvalue weighted by Crippen LogP contribution is 2.18. The monoisotopic (exact) mass is 314 g/mol. The van der Waals surface area contributed by atoms with E-state index in [-0.39, 0.29) is 11.3 Å². The van der Waals surface area contributed by atoms with E-state index in [2.05, 4.69) is 9.47 Å². The molecule has 0 saturated carbocycles. The van der Waals surface area contributed by atoms with Gasteiger partial charge in [0.15, 0.2) is 9.84 Å². The zero-order valence-corrected chi connectivity index (χ0v) is 13.0. The first-order chi connectivity index (χ1) is 9.80. The molecule has 0 saturated heterocycles. The number of hydrogen-bond donors (Lipinski definition) is 0. The molecule has 1 atom stereocenters. The zero-order chi connectivity index (χ0) is 16.0. The summed E-state index contributed by atoms with van der Waals surface area (Å²) in [5, 5.41) is 0. The van der Waals surface area contributed by atoms with Gasteiger partial charge in [-0.25, -0.2) is 8.42 Å². The summed E-state index contributed by atoms with van der Waals surface area (Å²) in [4.78, 5) is 23.0. The summed E-state index contributed by atoms with van der Waals surface area (Å²) in [7, 11) is -1.38. The maximum absolute atomic E-state index is 12.3. The third-order valence-corrected chi connectivity index (χ3v) is 4.81. The van der Waals surface area contributed by atoms with Gasteiger partial charge in [-0.3, -0.25) is 9.59 Å². The Balaban J connectivity index is 2.98. The van der Waals surface area contributed by atoms with Crippen LogP contribution in [-0.4, -0.2) is 40.3 Å². The van der Waals surface area contributed by atoms with E-state index in [1.165, 1.54) is 19.2 Å². The summed E-state index contributed by atoms with van der Waals surface area (Å²) in [6.07, 6.45) is -0.339. The van der Waals surface area contributed by atoms with Crippen molar-refractivity contribution in [1.82, 2.24) is 0 Å². The van der Waals surface area contributed by atoms with Crippen LogP contribution in [0.3, 0.4) is 0 Å². The third kappa shape index (κ3) is 4.86. The fraction of sp³-hybridized carbons (Fsp3) is 0.429. The van der Waals surface area contributed by atoms with Crippen LogP contribution >= 0.6 is 0 Å². The second-order valence-electron chi connectivity index (χ2n) is 4.59. The van der Waals surface area contributed by atoms with Crippen molar-refractivity contribution in [3.8, 4) is 0 Å². The highest BCUT2D eigenvalue weighted by Gasteiger charge is 2.30. The van der Waals surface area contributed by atoms with Crippen molar-refractivity contribution < 1.29 is 27.5 Å². The first-order valence-electron chi connectivity index (χ1n) is 6.24. The number of aryl methyl sites for hydroxylation is 1. The Morgan fingerprint density at radius 3 is 2.14 bits per heavy atom. The molecular weight excluding hydrogens is 296 g/mol. The molecule has 1 aromatic rings. The average molecular weight is 314 g/mol. The lowest BCUT2D eigenvalue weighted by Crippen LogP contribution is -2.28. The van der Waals surface area contributed by atoms with Crippen LogP contribution in [0.5, 0.6) is 0 Å². The number of carbonyl (C=O) groups is 2. The van der Waals surface area contributed by atoms with Gasteiger partial charge in [0, 0.05) is 0 Å². The molecule has 0 aliphatic carbocycles. The molecule has 21 heavy (non-hydrogen) atoms. The first-order valence-corrected chi connectivity index (χ1v) is 7.89. The Morgan fingerprint density at radius 1 is 1.10 bits per heavy atom. The summed E-state index contributed by atoms with van der Waals surface area (Å²) in [5.41, 5.74) is 0.924. The van der Waals surface area contributed by atoms with Crippen LogP contribution < -0.4 is 0 Å². The summed E-state index contributed by atoms with van der Waals surface area (Å²) in [5.74, 6) is -3.01. The van der Waals surface area contributed by atoms with Crippen molar-refractivity contribution in [2.75, 3.05) is 20.0 Å². The highest BCUT2D eigenvalue weighted by atomic mass is 32.2.